The summed E-state index contributed by atoms with van der Waals surface area (Å²) in [5.41, 5.74) is 2.19. The van der Waals surface area contributed by atoms with Crippen molar-refractivity contribution >= 4 is 5.78 Å². The van der Waals surface area contributed by atoms with Crippen LogP contribution in [0.2, 0.25) is 0 Å². The van der Waals surface area contributed by atoms with E-state index in [4.69, 9.17) is 0 Å². The van der Waals surface area contributed by atoms with Crippen LogP contribution in [0.25, 0.3) is 0 Å². The number of carbonyl (C=O) groups excluding carboxylic acids is 1. The number of benzene rings is 1. The Bertz CT molecular complexity index is 378. The Morgan fingerprint density at radius 2 is 2.00 bits per heavy atom. The molecule has 1 heterocycles. The number of nitrogens with one attached hydrogen (secondary N) is 1. The third-order valence-electron chi connectivity index (χ3n) is 3.71. The van der Waals surface area contributed by atoms with E-state index < -0.39 is 0 Å². The first-order valence-corrected chi connectivity index (χ1v) is 6.56. The van der Waals surface area contributed by atoms with Gasteiger partial charge in [-0.3, -0.25) is 4.79 Å². The molecule has 92 valence electrons. The van der Waals surface area contributed by atoms with E-state index in [-0.39, 0.29) is 5.92 Å². The maximum Gasteiger partial charge on any atom is 0.166 e. The van der Waals surface area contributed by atoms with E-state index in [0.717, 1.165) is 31.5 Å². The van der Waals surface area contributed by atoms with Crippen LogP contribution < -0.4 is 5.32 Å². The van der Waals surface area contributed by atoms with Gasteiger partial charge in [-0.1, -0.05) is 44.5 Å². The van der Waals surface area contributed by atoms with Crippen LogP contribution >= 0.6 is 0 Å². The van der Waals surface area contributed by atoms with Crippen LogP contribution in [0.4, 0.5) is 0 Å². The molecule has 2 nitrogen and oxygen atoms in total. The van der Waals surface area contributed by atoms with Gasteiger partial charge in [-0.05, 0) is 31.0 Å². The summed E-state index contributed by atoms with van der Waals surface area (Å²) in [6.45, 7) is 6.19. The van der Waals surface area contributed by atoms with Crippen LogP contribution in [0.3, 0.4) is 0 Å². The highest BCUT2D eigenvalue weighted by Gasteiger charge is 2.29. The summed E-state index contributed by atoms with van der Waals surface area (Å²) in [5, 5.41) is 3.22. The van der Waals surface area contributed by atoms with Crippen molar-refractivity contribution in [3.63, 3.8) is 0 Å². The number of carbonyl (C=O) groups is 1. The third-order valence-corrected chi connectivity index (χ3v) is 3.71. The number of aryl methyl sites for hydroxylation is 1. The summed E-state index contributed by atoms with van der Waals surface area (Å²) in [7, 11) is 0. The van der Waals surface area contributed by atoms with Crippen molar-refractivity contribution in [2.45, 2.75) is 26.7 Å². The van der Waals surface area contributed by atoms with Gasteiger partial charge in [0, 0.05) is 11.5 Å². The van der Waals surface area contributed by atoms with Gasteiger partial charge >= 0.3 is 0 Å². The molecule has 1 N–H and O–H groups in total. The van der Waals surface area contributed by atoms with Crippen LogP contribution in [-0.4, -0.2) is 18.9 Å². The molecule has 1 aliphatic rings. The molecule has 0 spiro atoms. The Hall–Kier alpha value is -1.15. The first-order chi connectivity index (χ1) is 8.22. The Labute approximate surface area is 103 Å². The maximum atomic E-state index is 12.2. The van der Waals surface area contributed by atoms with E-state index in [0.29, 0.717) is 11.7 Å². The molecule has 17 heavy (non-hydrogen) atoms. The van der Waals surface area contributed by atoms with Gasteiger partial charge in [-0.2, -0.15) is 0 Å². The van der Waals surface area contributed by atoms with Gasteiger partial charge in [-0.15, -0.1) is 0 Å². The van der Waals surface area contributed by atoms with Gasteiger partial charge in [0.1, 0.15) is 0 Å². The van der Waals surface area contributed by atoms with E-state index in [1.807, 2.05) is 19.1 Å². The third kappa shape index (κ3) is 2.75. The van der Waals surface area contributed by atoms with Crippen LogP contribution in [0.1, 0.15) is 36.2 Å². The van der Waals surface area contributed by atoms with Gasteiger partial charge in [0.15, 0.2) is 5.78 Å². The predicted octanol–water partition coefficient (Wildman–Crippen LogP) is 2.68. The van der Waals surface area contributed by atoms with Gasteiger partial charge in [0.2, 0.25) is 0 Å². The predicted molar refractivity (Wildman–Crippen MR) is 70.3 cm³/mol. The molecule has 1 saturated heterocycles. The van der Waals surface area contributed by atoms with E-state index in [1.165, 1.54) is 5.56 Å². The largest absolute Gasteiger partial charge is 0.316 e. The number of Topliss-reactive ketones (excluding diaryl/α,β-unsaturated/α-hetero) is 1. The quantitative estimate of drug-likeness (QED) is 0.789. The van der Waals surface area contributed by atoms with Crippen LogP contribution in [0.5, 0.6) is 0 Å². The standard InChI is InChI=1S/C15H21NO/c1-3-4-12-5-7-13(8-6-12)15(17)11(2)14-9-16-10-14/h5-8,11,14,16H,3-4,9-10H2,1-2H3. The molecule has 1 unspecified atom stereocenters. The minimum absolute atomic E-state index is 0.147. The zero-order valence-corrected chi connectivity index (χ0v) is 10.7. The normalized spacial score (nSPS) is 17.5. The summed E-state index contributed by atoms with van der Waals surface area (Å²) in [6, 6.07) is 8.14. The molecule has 2 heteroatoms. The highest BCUT2D eigenvalue weighted by molar-refractivity contribution is 5.97. The van der Waals surface area contributed by atoms with Crippen molar-refractivity contribution in [1.29, 1.82) is 0 Å². The van der Waals surface area contributed by atoms with Gasteiger partial charge in [0.05, 0.1) is 0 Å². The zero-order chi connectivity index (χ0) is 12.3. The van der Waals surface area contributed by atoms with Crippen LogP contribution in [0, 0.1) is 11.8 Å². The lowest BCUT2D eigenvalue weighted by Crippen LogP contribution is -2.47. The molecule has 1 aliphatic heterocycles. The minimum atomic E-state index is 0.147. The molecule has 0 saturated carbocycles. The summed E-state index contributed by atoms with van der Waals surface area (Å²) < 4.78 is 0. The molecular weight excluding hydrogens is 210 g/mol. The molecule has 2 rings (SSSR count). The second kappa shape index (κ2) is 5.46. The topological polar surface area (TPSA) is 29.1 Å². The van der Waals surface area contributed by atoms with Crippen molar-refractivity contribution in [2.75, 3.05) is 13.1 Å². The van der Waals surface area contributed by atoms with E-state index >= 15 is 0 Å². The van der Waals surface area contributed by atoms with Gasteiger partial charge < -0.3 is 5.32 Å². The number of hydrogen-bond donors (Lipinski definition) is 1. The lowest BCUT2D eigenvalue weighted by atomic mass is 9.83. The molecule has 1 fully saturated rings. The van der Waals surface area contributed by atoms with Crippen LogP contribution in [0.15, 0.2) is 24.3 Å². The average molecular weight is 231 g/mol. The number of ketones is 1. The van der Waals surface area contributed by atoms with Crippen molar-refractivity contribution in [3.05, 3.63) is 35.4 Å². The molecule has 0 bridgehead atoms. The van der Waals surface area contributed by atoms with Crippen molar-refractivity contribution in [2.24, 2.45) is 11.8 Å². The Kier molecular flexibility index (Phi) is 3.95. The Balaban J connectivity index is 2.03. The molecular formula is C15H21NO. The van der Waals surface area contributed by atoms with Gasteiger partial charge in [-0.25, -0.2) is 0 Å². The summed E-state index contributed by atoms with van der Waals surface area (Å²) in [6.07, 6.45) is 2.24. The maximum absolute atomic E-state index is 12.2. The molecule has 0 radical (unpaired) electrons. The summed E-state index contributed by atoms with van der Waals surface area (Å²) in [5.74, 6) is 0.964. The van der Waals surface area contributed by atoms with E-state index in [1.54, 1.807) is 0 Å². The lowest BCUT2D eigenvalue weighted by Gasteiger charge is -2.31. The number of rotatable bonds is 5. The first-order valence-electron chi connectivity index (χ1n) is 6.56. The average Bonchev–Trinajstić information content (AvgIpc) is 2.27. The van der Waals surface area contributed by atoms with E-state index in [9.17, 15) is 4.79 Å². The number of hydrogen-bond acceptors (Lipinski definition) is 2. The van der Waals surface area contributed by atoms with Gasteiger partial charge in [0.25, 0.3) is 0 Å². The van der Waals surface area contributed by atoms with Crippen molar-refractivity contribution in [3.8, 4) is 0 Å². The second-order valence-corrected chi connectivity index (χ2v) is 5.02. The summed E-state index contributed by atoms with van der Waals surface area (Å²) in [4.78, 5) is 12.2. The second-order valence-electron chi connectivity index (χ2n) is 5.02. The molecule has 1 aromatic rings. The first kappa shape index (κ1) is 12.3. The van der Waals surface area contributed by atoms with Crippen molar-refractivity contribution < 1.29 is 4.79 Å². The van der Waals surface area contributed by atoms with E-state index in [2.05, 4.69) is 24.4 Å². The van der Waals surface area contributed by atoms with Crippen molar-refractivity contribution in [1.82, 2.24) is 5.32 Å². The molecule has 1 aromatic carbocycles. The van der Waals surface area contributed by atoms with Crippen LogP contribution in [-0.2, 0) is 6.42 Å². The summed E-state index contributed by atoms with van der Waals surface area (Å²) >= 11 is 0. The Morgan fingerprint density at radius 3 is 2.47 bits per heavy atom. The fraction of sp³-hybridized carbons (Fsp3) is 0.533. The SMILES string of the molecule is CCCc1ccc(C(=O)C(C)C2CNC2)cc1. The zero-order valence-electron chi connectivity index (χ0n) is 10.7. The highest BCUT2D eigenvalue weighted by atomic mass is 16.1. The molecule has 1 atom stereocenters. The highest BCUT2D eigenvalue weighted by Crippen LogP contribution is 2.21. The molecule has 0 aliphatic carbocycles. The molecule has 0 aromatic heterocycles. The fourth-order valence-corrected chi connectivity index (χ4v) is 2.27. The fourth-order valence-electron chi connectivity index (χ4n) is 2.27. The monoisotopic (exact) mass is 231 g/mol. The molecule has 0 amide bonds. The Morgan fingerprint density at radius 1 is 1.35 bits per heavy atom. The minimum Gasteiger partial charge on any atom is -0.316 e. The smallest absolute Gasteiger partial charge is 0.166 e. The lowest BCUT2D eigenvalue weighted by molar-refractivity contribution is 0.0854.